The predicted molar refractivity (Wildman–Crippen MR) is 111 cm³/mol. The molecule has 1 aromatic rings. The number of aliphatic imine (C=N–C) groups is 1. The Morgan fingerprint density at radius 2 is 1.93 bits per heavy atom. The quantitative estimate of drug-likeness (QED) is 0.373. The predicted octanol–water partition coefficient (Wildman–Crippen LogP) is 2.25. The van der Waals surface area contributed by atoms with Gasteiger partial charge >= 0.3 is 0 Å². The number of hydrogen-bond donors (Lipinski definition) is 2. The molecular weight excluding hydrogens is 340 g/mol. The molecule has 1 saturated heterocycles. The zero-order valence-corrected chi connectivity index (χ0v) is 17.2. The summed E-state index contributed by atoms with van der Waals surface area (Å²) < 4.78 is 11.1. The van der Waals surface area contributed by atoms with Gasteiger partial charge in [-0.1, -0.05) is 38.1 Å². The van der Waals surface area contributed by atoms with Crippen LogP contribution in [0.25, 0.3) is 0 Å². The number of morpholine rings is 1. The molecule has 1 aromatic carbocycles. The summed E-state index contributed by atoms with van der Waals surface area (Å²) in [7, 11) is 1.81. The highest BCUT2D eigenvalue weighted by atomic mass is 16.5. The van der Waals surface area contributed by atoms with Crippen LogP contribution in [0.2, 0.25) is 0 Å². The molecule has 6 nitrogen and oxygen atoms in total. The maximum absolute atomic E-state index is 5.61. The van der Waals surface area contributed by atoms with E-state index in [9.17, 15) is 0 Å². The van der Waals surface area contributed by atoms with Crippen molar-refractivity contribution >= 4 is 5.96 Å². The van der Waals surface area contributed by atoms with Crippen LogP contribution in [0.1, 0.15) is 31.4 Å². The van der Waals surface area contributed by atoms with E-state index in [1.54, 1.807) is 0 Å². The number of benzene rings is 1. The van der Waals surface area contributed by atoms with Crippen LogP contribution in [0.3, 0.4) is 0 Å². The van der Waals surface area contributed by atoms with Crippen molar-refractivity contribution in [3.8, 4) is 0 Å². The highest BCUT2D eigenvalue weighted by Gasteiger charge is 2.12. The van der Waals surface area contributed by atoms with Gasteiger partial charge in [0, 0.05) is 53.0 Å². The number of ether oxygens (including phenoxy) is 2. The Morgan fingerprint density at radius 1 is 1.19 bits per heavy atom. The second-order valence-electron chi connectivity index (χ2n) is 7.33. The van der Waals surface area contributed by atoms with E-state index in [1.165, 1.54) is 11.1 Å². The minimum absolute atomic E-state index is 0.588. The van der Waals surface area contributed by atoms with Gasteiger partial charge in [0.05, 0.1) is 13.2 Å². The van der Waals surface area contributed by atoms with Crippen molar-refractivity contribution in [2.45, 2.75) is 33.4 Å². The van der Waals surface area contributed by atoms with Gasteiger partial charge in [-0.05, 0) is 23.5 Å². The molecule has 0 spiro atoms. The summed E-state index contributed by atoms with van der Waals surface area (Å²) >= 11 is 0. The molecule has 2 rings (SSSR count). The van der Waals surface area contributed by atoms with Crippen LogP contribution in [-0.2, 0) is 22.6 Å². The topological polar surface area (TPSA) is 58.1 Å². The SMILES string of the molecule is CN=C(NCCCOCC(C)C)NCc1ccccc1CN1CCOCC1. The second kappa shape index (κ2) is 12.7. The molecule has 6 heteroatoms. The molecule has 0 aliphatic carbocycles. The molecule has 0 amide bonds. The molecule has 0 bridgehead atoms. The molecule has 2 N–H and O–H groups in total. The normalized spacial score (nSPS) is 15.9. The van der Waals surface area contributed by atoms with Gasteiger partial charge in [0.2, 0.25) is 0 Å². The van der Waals surface area contributed by atoms with E-state index in [0.717, 1.165) is 71.5 Å². The van der Waals surface area contributed by atoms with Crippen LogP contribution < -0.4 is 10.6 Å². The standard InChI is InChI=1S/C21H36N4O2/c1-18(2)17-27-12-6-9-23-21(22-3)24-15-19-7-4-5-8-20(19)16-25-10-13-26-14-11-25/h4-5,7-8,18H,6,9-17H2,1-3H3,(H2,22,23,24). The van der Waals surface area contributed by atoms with Crippen LogP contribution in [0.5, 0.6) is 0 Å². The maximum atomic E-state index is 5.61. The Bertz CT molecular complexity index is 557. The Morgan fingerprint density at radius 3 is 2.63 bits per heavy atom. The van der Waals surface area contributed by atoms with Crippen LogP contribution in [-0.4, -0.2) is 64.0 Å². The summed E-state index contributed by atoms with van der Waals surface area (Å²) in [5.41, 5.74) is 2.68. The third-order valence-corrected chi connectivity index (χ3v) is 4.50. The van der Waals surface area contributed by atoms with E-state index in [0.29, 0.717) is 5.92 Å². The van der Waals surface area contributed by atoms with Crippen molar-refractivity contribution in [2.24, 2.45) is 10.9 Å². The van der Waals surface area contributed by atoms with Crippen LogP contribution in [0.4, 0.5) is 0 Å². The van der Waals surface area contributed by atoms with Crippen molar-refractivity contribution in [3.05, 3.63) is 35.4 Å². The highest BCUT2D eigenvalue weighted by molar-refractivity contribution is 5.79. The molecule has 0 radical (unpaired) electrons. The lowest BCUT2D eigenvalue weighted by Gasteiger charge is -2.27. The first-order valence-corrected chi connectivity index (χ1v) is 10.1. The largest absolute Gasteiger partial charge is 0.381 e. The Labute approximate surface area is 164 Å². The third-order valence-electron chi connectivity index (χ3n) is 4.50. The van der Waals surface area contributed by atoms with Crippen LogP contribution in [0.15, 0.2) is 29.3 Å². The molecule has 0 saturated carbocycles. The van der Waals surface area contributed by atoms with Gasteiger partial charge in [0.15, 0.2) is 5.96 Å². The van der Waals surface area contributed by atoms with E-state index in [4.69, 9.17) is 9.47 Å². The fourth-order valence-electron chi connectivity index (χ4n) is 2.98. The van der Waals surface area contributed by atoms with Crippen LogP contribution in [0, 0.1) is 5.92 Å². The lowest BCUT2D eigenvalue weighted by Crippen LogP contribution is -2.38. The molecule has 1 aliphatic rings. The zero-order chi connectivity index (χ0) is 19.3. The second-order valence-corrected chi connectivity index (χ2v) is 7.33. The third kappa shape index (κ3) is 8.73. The van der Waals surface area contributed by atoms with Gasteiger partial charge in [0.1, 0.15) is 0 Å². The fraction of sp³-hybridized carbons (Fsp3) is 0.667. The molecule has 1 heterocycles. The number of nitrogens with one attached hydrogen (secondary N) is 2. The van der Waals surface area contributed by atoms with E-state index in [2.05, 4.69) is 58.6 Å². The number of rotatable bonds is 10. The first-order valence-electron chi connectivity index (χ1n) is 10.1. The zero-order valence-electron chi connectivity index (χ0n) is 17.2. The van der Waals surface area contributed by atoms with Gasteiger partial charge in [-0.15, -0.1) is 0 Å². The van der Waals surface area contributed by atoms with E-state index in [1.807, 2.05) is 7.05 Å². The van der Waals surface area contributed by atoms with E-state index < -0.39 is 0 Å². The van der Waals surface area contributed by atoms with Crippen molar-refractivity contribution in [2.75, 3.05) is 53.1 Å². The van der Waals surface area contributed by atoms with Gasteiger partial charge in [-0.3, -0.25) is 9.89 Å². The lowest BCUT2D eigenvalue weighted by molar-refractivity contribution is 0.0341. The van der Waals surface area contributed by atoms with Gasteiger partial charge in [0.25, 0.3) is 0 Å². The minimum Gasteiger partial charge on any atom is -0.381 e. The van der Waals surface area contributed by atoms with Gasteiger partial charge < -0.3 is 20.1 Å². The molecule has 1 fully saturated rings. The summed E-state index contributed by atoms with van der Waals surface area (Å²) in [6.45, 7) is 12.2. The van der Waals surface area contributed by atoms with Crippen molar-refractivity contribution in [1.82, 2.24) is 15.5 Å². The minimum atomic E-state index is 0.588. The van der Waals surface area contributed by atoms with Crippen molar-refractivity contribution < 1.29 is 9.47 Å². The summed E-state index contributed by atoms with van der Waals surface area (Å²) in [6.07, 6.45) is 0.973. The Balaban J connectivity index is 1.73. The Hall–Kier alpha value is -1.63. The van der Waals surface area contributed by atoms with Crippen LogP contribution >= 0.6 is 0 Å². The maximum Gasteiger partial charge on any atom is 0.191 e. The smallest absolute Gasteiger partial charge is 0.191 e. The molecule has 1 aliphatic heterocycles. The molecular formula is C21H36N4O2. The molecule has 0 aromatic heterocycles. The first-order chi connectivity index (χ1) is 13.2. The molecule has 0 unspecified atom stereocenters. The number of guanidine groups is 1. The number of hydrogen-bond acceptors (Lipinski definition) is 4. The van der Waals surface area contributed by atoms with Gasteiger partial charge in [-0.2, -0.15) is 0 Å². The Kier molecular flexibility index (Phi) is 10.2. The summed E-state index contributed by atoms with van der Waals surface area (Å²) in [5, 5.41) is 6.79. The fourth-order valence-corrected chi connectivity index (χ4v) is 2.98. The molecule has 0 atom stereocenters. The van der Waals surface area contributed by atoms with Crippen molar-refractivity contribution in [3.63, 3.8) is 0 Å². The summed E-state index contributed by atoms with van der Waals surface area (Å²) in [5.74, 6) is 1.42. The average Bonchev–Trinajstić information content (AvgIpc) is 2.68. The first kappa shape index (κ1) is 21.7. The van der Waals surface area contributed by atoms with Crippen molar-refractivity contribution in [1.29, 1.82) is 0 Å². The average molecular weight is 377 g/mol. The lowest BCUT2D eigenvalue weighted by atomic mass is 10.1. The monoisotopic (exact) mass is 376 g/mol. The van der Waals surface area contributed by atoms with Gasteiger partial charge in [-0.25, -0.2) is 0 Å². The summed E-state index contributed by atoms with van der Waals surface area (Å²) in [6, 6.07) is 8.62. The highest BCUT2D eigenvalue weighted by Crippen LogP contribution is 2.13. The number of nitrogens with zero attached hydrogens (tertiary/aromatic N) is 2. The van der Waals surface area contributed by atoms with E-state index in [-0.39, 0.29) is 0 Å². The molecule has 27 heavy (non-hydrogen) atoms. The molecule has 152 valence electrons. The van der Waals surface area contributed by atoms with E-state index >= 15 is 0 Å². The summed E-state index contributed by atoms with van der Waals surface area (Å²) in [4.78, 5) is 6.77.